The van der Waals surface area contributed by atoms with E-state index in [4.69, 9.17) is 9.84 Å². The molecule has 3 rings (SSSR count). The fourth-order valence-electron chi connectivity index (χ4n) is 3.30. The SMILES string of the molecule is CC1(C(=O)N2CCN(CCO)CC2)Cc2ccccc2C(=O)O1. The predicted molar refractivity (Wildman–Crippen MR) is 84.1 cm³/mol. The van der Waals surface area contributed by atoms with Gasteiger partial charge in [0.15, 0.2) is 5.60 Å². The van der Waals surface area contributed by atoms with Crippen molar-refractivity contribution in [2.45, 2.75) is 18.9 Å². The van der Waals surface area contributed by atoms with Crippen LogP contribution in [0.5, 0.6) is 0 Å². The standard InChI is InChI=1S/C17H22N2O4/c1-17(12-13-4-2-3-5-14(13)15(21)23-17)16(22)19-8-6-18(7-9-19)10-11-20/h2-5,20H,6-12H2,1H3. The number of piperazine rings is 1. The number of carbonyl (C=O) groups excluding carboxylic acids is 2. The monoisotopic (exact) mass is 318 g/mol. The highest BCUT2D eigenvalue weighted by molar-refractivity contribution is 5.97. The smallest absolute Gasteiger partial charge is 0.339 e. The molecule has 1 atom stereocenters. The van der Waals surface area contributed by atoms with Crippen LogP contribution in [0.15, 0.2) is 24.3 Å². The lowest BCUT2D eigenvalue weighted by Gasteiger charge is -2.40. The van der Waals surface area contributed by atoms with E-state index in [9.17, 15) is 9.59 Å². The molecular formula is C17H22N2O4. The van der Waals surface area contributed by atoms with Gasteiger partial charge in [0, 0.05) is 39.1 Å². The Kier molecular flexibility index (Phi) is 4.37. The Morgan fingerprint density at radius 2 is 1.96 bits per heavy atom. The largest absolute Gasteiger partial charge is 0.445 e. The first-order valence-electron chi connectivity index (χ1n) is 7.97. The van der Waals surface area contributed by atoms with Crippen molar-refractivity contribution >= 4 is 11.9 Å². The highest BCUT2D eigenvalue weighted by Gasteiger charge is 2.45. The molecule has 0 spiro atoms. The van der Waals surface area contributed by atoms with Gasteiger partial charge in [-0.2, -0.15) is 0 Å². The molecule has 0 saturated carbocycles. The molecule has 6 heteroatoms. The summed E-state index contributed by atoms with van der Waals surface area (Å²) in [7, 11) is 0. The second-order valence-electron chi connectivity index (χ2n) is 6.31. The predicted octanol–water partition coefficient (Wildman–Crippen LogP) is 0.295. The summed E-state index contributed by atoms with van der Waals surface area (Å²) in [6.45, 7) is 5.09. The van der Waals surface area contributed by atoms with Gasteiger partial charge >= 0.3 is 5.97 Å². The molecular weight excluding hydrogens is 296 g/mol. The third kappa shape index (κ3) is 3.09. The Morgan fingerprint density at radius 1 is 1.26 bits per heavy atom. The van der Waals surface area contributed by atoms with Crippen LogP contribution in [0.2, 0.25) is 0 Å². The summed E-state index contributed by atoms with van der Waals surface area (Å²) in [5, 5.41) is 8.98. The molecule has 1 unspecified atom stereocenters. The molecule has 23 heavy (non-hydrogen) atoms. The minimum Gasteiger partial charge on any atom is -0.445 e. The molecule has 6 nitrogen and oxygen atoms in total. The number of aliphatic hydroxyl groups is 1. The van der Waals surface area contributed by atoms with Gasteiger partial charge in [0.25, 0.3) is 5.91 Å². The number of β-amino-alcohol motifs (C(OH)–C–C–N with tert-alkyl or cyclic N) is 1. The van der Waals surface area contributed by atoms with Crippen LogP contribution in [-0.4, -0.2) is 71.7 Å². The van der Waals surface area contributed by atoms with Crippen LogP contribution in [0, 0.1) is 0 Å². The number of benzene rings is 1. The first-order valence-corrected chi connectivity index (χ1v) is 7.97. The molecule has 1 N–H and O–H groups in total. The maximum atomic E-state index is 12.9. The fourth-order valence-corrected chi connectivity index (χ4v) is 3.30. The zero-order valence-electron chi connectivity index (χ0n) is 13.3. The normalized spacial score (nSPS) is 25.0. The third-order valence-corrected chi connectivity index (χ3v) is 4.61. The number of esters is 1. The van der Waals surface area contributed by atoms with Gasteiger partial charge in [-0.1, -0.05) is 18.2 Å². The molecule has 1 fully saturated rings. The molecule has 2 aliphatic rings. The van der Waals surface area contributed by atoms with Crippen LogP contribution >= 0.6 is 0 Å². The molecule has 1 aromatic rings. The fraction of sp³-hybridized carbons (Fsp3) is 0.529. The molecule has 0 aliphatic carbocycles. The number of ether oxygens (including phenoxy) is 1. The second-order valence-corrected chi connectivity index (χ2v) is 6.31. The van der Waals surface area contributed by atoms with Gasteiger partial charge in [0.2, 0.25) is 0 Å². The van der Waals surface area contributed by atoms with E-state index in [-0.39, 0.29) is 12.5 Å². The summed E-state index contributed by atoms with van der Waals surface area (Å²) < 4.78 is 5.51. The quantitative estimate of drug-likeness (QED) is 0.812. The van der Waals surface area contributed by atoms with Gasteiger partial charge in [-0.15, -0.1) is 0 Å². The Bertz CT molecular complexity index is 610. The van der Waals surface area contributed by atoms with Crippen LogP contribution in [0.25, 0.3) is 0 Å². The van der Waals surface area contributed by atoms with Crippen LogP contribution in [0.1, 0.15) is 22.8 Å². The van der Waals surface area contributed by atoms with Crippen LogP contribution in [0.4, 0.5) is 0 Å². The van der Waals surface area contributed by atoms with Crippen molar-refractivity contribution in [1.29, 1.82) is 0 Å². The summed E-state index contributed by atoms with van der Waals surface area (Å²) in [6.07, 6.45) is 0.407. The third-order valence-electron chi connectivity index (χ3n) is 4.61. The van der Waals surface area contributed by atoms with E-state index in [1.165, 1.54) is 0 Å². The topological polar surface area (TPSA) is 70.1 Å². The number of nitrogens with zero attached hydrogens (tertiary/aromatic N) is 2. The molecule has 0 radical (unpaired) electrons. The highest BCUT2D eigenvalue weighted by Crippen LogP contribution is 2.30. The van der Waals surface area contributed by atoms with Gasteiger partial charge in [0.05, 0.1) is 12.2 Å². The van der Waals surface area contributed by atoms with E-state index in [1.54, 1.807) is 24.0 Å². The zero-order chi connectivity index (χ0) is 16.4. The van der Waals surface area contributed by atoms with Crippen molar-refractivity contribution < 1.29 is 19.4 Å². The number of hydrogen-bond donors (Lipinski definition) is 1. The molecule has 0 aromatic heterocycles. The van der Waals surface area contributed by atoms with Crippen molar-refractivity contribution in [3.05, 3.63) is 35.4 Å². The highest BCUT2D eigenvalue weighted by atomic mass is 16.6. The van der Waals surface area contributed by atoms with Crippen LogP contribution in [0.3, 0.4) is 0 Å². The van der Waals surface area contributed by atoms with E-state index < -0.39 is 11.6 Å². The van der Waals surface area contributed by atoms with Gasteiger partial charge in [-0.05, 0) is 18.6 Å². The zero-order valence-corrected chi connectivity index (χ0v) is 13.3. The minimum absolute atomic E-state index is 0.125. The Morgan fingerprint density at radius 3 is 2.65 bits per heavy atom. The Balaban J connectivity index is 1.72. The summed E-state index contributed by atoms with van der Waals surface area (Å²) in [5.41, 5.74) is 0.272. The number of hydrogen-bond acceptors (Lipinski definition) is 5. The Hall–Kier alpha value is -1.92. The first kappa shape index (κ1) is 16.0. The summed E-state index contributed by atoms with van der Waals surface area (Å²) in [6, 6.07) is 7.27. The second kappa shape index (κ2) is 6.29. The van der Waals surface area contributed by atoms with E-state index in [2.05, 4.69) is 4.90 Å². The van der Waals surface area contributed by atoms with Gasteiger partial charge < -0.3 is 14.7 Å². The number of rotatable bonds is 3. The Labute approximate surface area is 135 Å². The van der Waals surface area contributed by atoms with Gasteiger partial charge in [0.1, 0.15) is 0 Å². The average Bonchev–Trinajstić information content (AvgIpc) is 2.55. The number of carbonyl (C=O) groups is 2. The lowest BCUT2D eigenvalue weighted by molar-refractivity contribution is -0.153. The van der Waals surface area contributed by atoms with E-state index in [0.717, 1.165) is 18.7 Å². The first-order chi connectivity index (χ1) is 11.0. The van der Waals surface area contributed by atoms with E-state index in [1.807, 2.05) is 12.1 Å². The number of amides is 1. The number of cyclic esters (lactones) is 1. The molecule has 1 amide bonds. The number of aliphatic hydroxyl groups excluding tert-OH is 1. The summed E-state index contributed by atoms with van der Waals surface area (Å²) >= 11 is 0. The molecule has 1 saturated heterocycles. The minimum atomic E-state index is -1.13. The van der Waals surface area contributed by atoms with Gasteiger partial charge in [-0.3, -0.25) is 9.69 Å². The van der Waals surface area contributed by atoms with E-state index in [0.29, 0.717) is 31.6 Å². The van der Waals surface area contributed by atoms with Crippen LogP contribution < -0.4 is 0 Å². The van der Waals surface area contributed by atoms with Crippen molar-refractivity contribution in [1.82, 2.24) is 9.80 Å². The lowest BCUT2D eigenvalue weighted by atomic mass is 9.88. The maximum absolute atomic E-state index is 12.9. The maximum Gasteiger partial charge on any atom is 0.339 e. The molecule has 1 aromatic carbocycles. The molecule has 2 heterocycles. The average molecular weight is 318 g/mol. The van der Waals surface area contributed by atoms with Crippen molar-refractivity contribution in [3.8, 4) is 0 Å². The lowest BCUT2D eigenvalue weighted by Crippen LogP contribution is -2.58. The van der Waals surface area contributed by atoms with Crippen LogP contribution in [-0.2, 0) is 16.0 Å². The molecule has 124 valence electrons. The molecule has 0 bridgehead atoms. The van der Waals surface area contributed by atoms with E-state index >= 15 is 0 Å². The number of fused-ring (bicyclic) bond motifs is 1. The van der Waals surface area contributed by atoms with Crippen molar-refractivity contribution in [2.24, 2.45) is 0 Å². The van der Waals surface area contributed by atoms with Crippen molar-refractivity contribution in [3.63, 3.8) is 0 Å². The van der Waals surface area contributed by atoms with Crippen molar-refractivity contribution in [2.75, 3.05) is 39.3 Å². The molecule has 2 aliphatic heterocycles. The van der Waals surface area contributed by atoms with Gasteiger partial charge in [-0.25, -0.2) is 4.79 Å². The summed E-state index contributed by atoms with van der Waals surface area (Å²) in [4.78, 5) is 29.0. The summed E-state index contributed by atoms with van der Waals surface area (Å²) in [5.74, 6) is -0.564.